The average Bonchev–Trinajstić information content (AvgIpc) is 0.811. The van der Waals surface area contributed by atoms with Gasteiger partial charge in [0, 0.05) is 22.4 Å². The average molecular weight is 211 g/mol. The van der Waals surface area contributed by atoms with Crippen molar-refractivity contribution in [1.82, 2.24) is 0 Å². The second-order valence-corrected chi connectivity index (χ2v) is 0.238. The zero-order valence-electron chi connectivity index (χ0n) is 4.01. The van der Waals surface area contributed by atoms with Gasteiger partial charge in [-0.3, -0.25) is 0 Å². The summed E-state index contributed by atoms with van der Waals surface area (Å²) < 4.78 is 0. The van der Waals surface area contributed by atoms with Crippen molar-refractivity contribution in [3.63, 3.8) is 0 Å². The molecule has 0 atom stereocenters. The molecule has 0 rings (SSSR count). The van der Waals surface area contributed by atoms with Gasteiger partial charge in [0.05, 0.1) is 0 Å². The third kappa shape index (κ3) is 47.0. The summed E-state index contributed by atoms with van der Waals surface area (Å²) in [5, 5.41) is 13.6. The molecule has 0 saturated heterocycles. The van der Waals surface area contributed by atoms with Crippen LogP contribution < -0.4 is 51.4 Å². The number of rotatable bonds is 0. The predicted octanol–water partition coefficient (Wildman–Crippen LogP) is -3.23. The minimum atomic E-state index is -1.50. The second kappa shape index (κ2) is 9.76. The first-order valence-corrected chi connectivity index (χ1v) is 0.565. The van der Waals surface area contributed by atoms with Crippen molar-refractivity contribution in [2.45, 2.75) is 0 Å². The molecule has 0 fully saturated rings. The molecule has 0 amide bonds. The Bertz CT molecular complexity index is 37.9. The first kappa shape index (κ1) is 15.6. The molecule has 0 aliphatic rings. The molecule has 0 bridgehead atoms. The third-order valence-corrected chi connectivity index (χ3v) is 0. The Morgan fingerprint density at radius 1 is 1.83 bits per heavy atom. The molecule has 0 spiro atoms. The topological polar surface area (TPSA) is 63.4 Å². The number of hydrogen-bond donors (Lipinski definition) is 1. The van der Waals surface area contributed by atoms with Gasteiger partial charge in [-0.1, -0.05) is 0 Å². The van der Waals surface area contributed by atoms with Crippen LogP contribution >= 0.6 is 0 Å². The molecular formula is H2AgKNO3. The summed E-state index contributed by atoms with van der Waals surface area (Å²) in [5.41, 5.74) is 0. The molecule has 0 aliphatic heterocycles. The maximum absolute atomic E-state index is 8.36. The van der Waals surface area contributed by atoms with Gasteiger partial charge in [0.2, 0.25) is 0 Å². The SMILES string of the molecule is O=[N+]([O-])O.[Ag].[H-].[K+]. The summed E-state index contributed by atoms with van der Waals surface area (Å²) in [4.78, 5) is 8.36. The maximum atomic E-state index is 8.36. The van der Waals surface area contributed by atoms with Crippen molar-refractivity contribution in [2.24, 2.45) is 0 Å². The van der Waals surface area contributed by atoms with Crippen LogP contribution in [0.15, 0.2) is 0 Å². The fourth-order valence-corrected chi connectivity index (χ4v) is 0. The Labute approximate surface area is 93.8 Å². The molecule has 0 saturated carbocycles. The van der Waals surface area contributed by atoms with Crippen molar-refractivity contribution >= 4 is 0 Å². The molecule has 1 radical (unpaired) electrons. The largest absolute Gasteiger partial charge is 1.00 e. The van der Waals surface area contributed by atoms with Gasteiger partial charge < -0.3 is 6.63 Å². The van der Waals surface area contributed by atoms with Crippen LogP contribution in [0, 0.1) is 10.1 Å². The molecule has 6 heavy (non-hydrogen) atoms. The maximum Gasteiger partial charge on any atom is 1.00 e. The molecule has 4 nitrogen and oxygen atoms in total. The summed E-state index contributed by atoms with van der Waals surface area (Å²) >= 11 is 0. The normalized spacial score (nSPS) is 4.00. The van der Waals surface area contributed by atoms with E-state index in [4.69, 9.17) is 15.3 Å². The van der Waals surface area contributed by atoms with Crippen molar-refractivity contribution in [3.8, 4) is 0 Å². The molecule has 37 valence electrons. The van der Waals surface area contributed by atoms with Gasteiger partial charge in [-0.15, -0.1) is 10.1 Å². The van der Waals surface area contributed by atoms with E-state index in [1.54, 1.807) is 0 Å². The first-order chi connectivity index (χ1) is 1.73. The monoisotopic (exact) mass is 210 g/mol. The number of nitrogens with zero attached hydrogens (tertiary/aromatic N) is 1. The van der Waals surface area contributed by atoms with Gasteiger partial charge in [0.15, 0.2) is 0 Å². The Morgan fingerprint density at radius 2 is 1.83 bits per heavy atom. The van der Waals surface area contributed by atoms with Crippen LogP contribution in [0.3, 0.4) is 0 Å². The van der Waals surface area contributed by atoms with E-state index in [-0.39, 0.29) is 75.2 Å². The fraction of sp³-hybridized carbons (Fsp3) is 0. The van der Waals surface area contributed by atoms with Gasteiger partial charge in [0.25, 0.3) is 5.09 Å². The summed E-state index contributed by atoms with van der Waals surface area (Å²) in [6.45, 7) is 0. The summed E-state index contributed by atoms with van der Waals surface area (Å²) in [5.74, 6) is 0. The van der Waals surface area contributed by atoms with Crippen LogP contribution in [-0.4, -0.2) is 10.3 Å². The first-order valence-electron chi connectivity index (χ1n) is 0.565. The summed E-state index contributed by atoms with van der Waals surface area (Å²) in [7, 11) is 0. The summed E-state index contributed by atoms with van der Waals surface area (Å²) in [6, 6.07) is 0. The third-order valence-electron chi connectivity index (χ3n) is 0. The van der Waals surface area contributed by atoms with Gasteiger partial charge in [-0.25, -0.2) is 0 Å². The fourth-order valence-electron chi connectivity index (χ4n) is 0. The summed E-state index contributed by atoms with van der Waals surface area (Å²) in [6.07, 6.45) is 0. The minimum Gasteiger partial charge on any atom is -1.00 e. The van der Waals surface area contributed by atoms with Gasteiger partial charge >= 0.3 is 51.4 Å². The van der Waals surface area contributed by atoms with Crippen LogP contribution in [0.2, 0.25) is 0 Å². The minimum absolute atomic E-state index is 0. The van der Waals surface area contributed by atoms with E-state index in [9.17, 15) is 0 Å². The Hall–Kier alpha value is 1.58. The predicted molar refractivity (Wildman–Crippen MR) is 9.89 cm³/mol. The zero-order valence-corrected chi connectivity index (χ0v) is 7.62. The molecule has 6 heteroatoms. The molecule has 0 aromatic carbocycles. The Kier molecular flexibility index (Phi) is 25.5. The molecule has 0 aromatic heterocycles. The van der Waals surface area contributed by atoms with Crippen molar-refractivity contribution in [3.05, 3.63) is 10.1 Å². The zero-order chi connectivity index (χ0) is 3.58. The second-order valence-electron chi connectivity index (χ2n) is 0.238. The van der Waals surface area contributed by atoms with E-state index in [1.165, 1.54) is 0 Å². The van der Waals surface area contributed by atoms with E-state index >= 15 is 0 Å². The standard InChI is InChI=1S/Ag.K.HNO3.H/c;;2-1(3)4;/h;;(H,2,3,4);/q;+1;;-1. The van der Waals surface area contributed by atoms with Crippen molar-refractivity contribution < 1.29 is 85.5 Å². The Morgan fingerprint density at radius 3 is 1.83 bits per heavy atom. The van der Waals surface area contributed by atoms with Crippen LogP contribution in [-0.2, 0) is 22.4 Å². The molecular weight excluding hydrogens is 209 g/mol. The van der Waals surface area contributed by atoms with Crippen LogP contribution in [0.5, 0.6) is 0 Å². The van der Waals surface area contributed by atoms with Gasteiger partial charge in [0.1, 0.15) is 0 Å². The number of hydrogen-bond acceptors (Lipinski definition) is 2. The van der Waals surface area contributed by atoms with Gasteiger partial charge in [-0.2, -0.15) is 0 Å². The Balaban J connectivity index is -0.0000000150. The molecule has 1 N–H and O–H groups in total. The quantitative estimate of drug-likeness (QED) is 0.260. The molecule has 0 aliphatic carbocycles. The van der Waals surface area contributed by atoms with E-state index in [1.807, 2.05) is 0 Å². The molecule has 0 unspecified atom stereocenters. The van der Waals surface area contributed by atoms with Crippen molar-refractivity contribution in [2.75, 3.05) is 0 Å². The van der Waals surface area contributed by atoms with E-state index < -0.39 is 5.09 Å². The van der Waals surface area contributed by atoms with Crippen LogP contribution in [0.4, 0.5) is 0 Å². The van der Waals surface area contributed by atoms with Gasteiger partial charge in [-0.05, 0) is 0 Å². The van der Waals surface area contributed by atoms with E-state index in [2.05, 4.69) is 0 Å². The van der Waals surface area contributed by atoms with Crippen LogP contribution in [0.25, 0.3) is 0 Å². The van der Waals surface area contributed by atoms with Crippen molar-refractivity contribution in [1.29, 1.82) is 0 Å². The van der Waals surface area contributed by atoms with Crippen LogP contribution in [0.1, 0.15) is 1.43 Å². The molecule has 0 heterocycles. The van der Waals surface area contributed by atoms with E-state index in [0.29, 0.717) is 0 Å². The smallest absolute Gasteiger partial charge is 1.00 e. The molecule has 0 aromatic rings. The van der Waals surface area contributed by atoms with E-state index in [0.717, 1.165) is 0 Å².